The van der Waals surface area contributed by atoms with Crippen LogP contribution in [0.15, 0.2) is 0 Å². The lowest BCUT2D eigenvalue weighted by Crippen LogP contribution is -2.56. The van der Waals surface area contributed by atoms with Crippen molar-refractivity contribution >= 4 is 6.29 Å². The number of carbonyl (C=O) groups excluding carboxylic acids is 1. The van der Waals surface area contributed by atoms with Gasteiger partial charge in [0.25, 0.3) is 0 Å². The molecular formula is C17H30N2O. The molecule has 2 aliphatic heterocycles. The molecule has 3 fully saturated rings. The van der Waals surface area contributed by atoms with Crippen LogP contribution in [0.1, 0.15) is 57.8 Å². The van der Waals surface area contributed by atoms with Crippen molar-refractivity contribution in [1.82, 2.24) is 9.80 Å². The van der Waals surface area contributed by atoms with Gasteiger partial charge in [0.05, 0.1) is 0 Å². The number of fused-ring (bicyclic) bond motifs is 1. The first-order valence-electron chi connectivity index (χ1n) is 8.74. The van der Waals surface area contributed by atoms with Crippen molar-refractivity contribution in [3.8, 4) is 0 Å². The Morgan fingerprint density at radius 1 is 0.950 bits per heavy atom. The van der Waals surface area contributed by atoms with E-state index in [9.17, 15) is 4.79 Å². The van der Waals surface area contributed by atoms with Crippen LogP contribution in [0.5, 0.6) is 0 Å². The number of hydrogen-bond acceptors (Lipinski definition) is 3. The third kappa shape index (κ3) is 3.25. The summed E-state index contributed by atoms with van der Waals surface area (Å²) in [6, 6.07) is 0.770. The molecule has 1 aliphatic carbocycles. The Bertz CT molecular complexity index is 323. The molecule has 0 spiro atoms. The van der Waals surface area contributed by atoms with Crippen LogP contribution < -0.4 is 0 Å². The van der Waals surface area contributed by atoms with Crippen LogP contribution in [0.25, 0.3) is 0 Å². The summed E-state index contributed by atoms with van der Waals surface area (Å²) in [5.41, 5.74) is -0.0205. The Morgan fingerprint density at radius 2 is 1.75 bits per heavy atom. The number of rotatable bonds is 3. The van der Waals surface area contributed by atoms with E-state index < -0.39 is 0 Å². The number of piperidine rings is 1. The summed E-state index contributed by atoms with van der Waals surface area (Å²) in [6.07, 6.45) is 12.9. The number of piperazine rings is 1. The lowest BCUT2D eigenvalue weighted by molar-refractivity contribution is -0.118. The maximum absolute atomic E-state index is 11.8. The lowest BCUT2D eigenvalue weighted by atomic mass is 9.81. The topological polar surface area (TPSA) is 23.6 Å². The van der Waals surface area contributed by atoms with Crippen molar-refractivity contribution in [3.05, 3.63) is 0 Å². The number of nitrogens with zero attached hydrogens (tertiary/aromatic N) is 2. The standard InChI is InChI=1S/C17H30N2O/c20-15-17(8-4-1-2-5-9-17)14-18-11-12-19-10-6-3-7-16(19)13-18/h15-16H,1-14H2. The zero-order chi connectivity index (χ0) is 13.8. The van der Waals surface area contributed by atoms with Gasteiger partial charge in [-0.15, -0.1) is 0 Å². The molecule has 3 aliphatic rings. The van der Waals surface area contributed by atoms with Gasteiger partial charge < -0.3 is 4.79 Å². The Kier molecular flexibility index (Phi) is 4.77. The molecule has 2 saturated heterocycles. The van der Waals surface area contributed by atoms with Crippen LogP contribution in [-0.4, -0.2) is 54.9 Å². The van der Waals surface area contributed by atoms with Gasteiger partial charge in [-0.2, -0.15) is 0 Å². The van der Waals surface area contributed by atoms with E-state index in [1.54, 1.807) is 0 Å². The molecule has 20 heavy (non-hydrogen) atoms. The Hall–Kier alpha value is -0.410. The van der Waals surface area contributed by atoms with Gasteiger partial charge in [-0.05, 0) is 32.2 Å². The highest BCUT2D eigenvalue weighted by atomic mass is 16.1. The monoisotopic (exact) mass is 278 g/mol. The van der Waals surface area contributed by atoms with Gasteiger partial charge in [0.2, 0.25) is 0 Å². The van der Waals surface area contributed by atoms with Crippen molar-refractivity contribution in [2.75, 3.05) is 32.7 Å². The van der Waals surface area contributed by atoms with Gasteiger partial charge in [-0.1, -0.05) is 32.1 Å². The smallest absolute Gasteiger partial charge is 0.127 e. The first-order valence-corrected chi connectivity index (χ1v) is 8.74. The molecule has 0 aromatic carbocycles. The highest BCUT2D eigenvalue weighted by Gasteiger charge is 2.36. The molecule has 1 atom stereocenters. The second-order valence-electron chi connectivity index (χ2n) is 7.32. The van der Waals surface area contributed by atoms with Crippen LogP contribution in [0.4, 0.5) is 0 Å². The zero-order valence-corrected chi connectivity index (χ0v) is 12.9. The molecule has 1 unspecified atom stereocenters. The highest BCUT2D eigenvalue weighted by molar-refractivity contribution is 5.59. The molecule has 0 amide bonds. The predicted molar refractivity (Wildman–Crippen MR) is 81.9 cm³/mol. The Balaban J connectivity index is 1.59. The van der Waals surface area contributed by atoms with Crippen LogP contribution in [-0.2, 0) is 4.79 Å². The summed E-state index contributed by atoms with van der Waals surface area (Å²) < 4.78 is 0. The summed E-state index contributed by atoms with van der Waals surface area (Å²) in [5.74, 6) is 0. The average Bonchev–Trinajstić information content (AvgIpc) is 2.73. The minimum absolute atomic E-state index is 0.0205. The first-order chi connectivity index (χ1) is 9.81. The fourth-order valence-electron chi connectivity index (χ4n) is 4.56. The molecule has 3 rings (SSSR count). The minimum Gasteiger partial charge on any atom is -0.303 e. The fourth-order valence-corrected chi connectivity index (χ4v) is 4.56. The van der Waals surface area contributed by atoms with E-state index in [0.717, 1.165) is 25.4 Å². The van der Waals surface area contributed by atoms with E-state index in [0.29, 0.717) is 0 Å². The Labute approximate surface area is 123 Å². The van der Waals surface area contributed by atoms with Crippen LogP contribution in [0, 0.1) is 5.41 Å². The summed E-state index contributed by atoms with van der Waals surface area (Å²) in [5, 5.41) is 0. The molecule has 2 heterocycles. The largest absolute Gasteiger partial charge is 0.303 e. The van der Waals surface area contributed by atoms with Crippen LogP contribution in [0.2, 0.25) is 0 Å². The van der Waals surface area contributed by atoms with E-state index in [1.807, 2.05) is 0 Å². The third-order valence-electron chi connectivity index (χ3n) is 5.81. The molecule has 0 aromatic rings. The summed E-state index contributed by atoms with van der Waals surface area (Å²) in [6.45, 7) is 5.93. The van der Waals surface area contributed by atoms with Gasteiger partial charge in [0, 0.05) is 37.6 Å². The van der Waals surface area contributed by atoms with E-state index in [2.05, 4.69) is 9.80 Å². The van der Waals surface area contributed by atoms with Crippen LogP contribution in [0.3, 0.4) is 0 Å². The normalized spacial score (nSPS) is 32.3. The quantitative estimate of drug-likeness (QED) is 0.586. The van der Waals surface area contributed by atoms with Gasteiger partial charge in [0.1, 0.15) is 6.29 Å². The number of aldehydes is 1. The minimum atomic E-state index is -0.0205. The molecule has 0 bridgehead atoms. The molecule has 0 aromatic heterocycles. The molecule has 0 radical (unpaired) electrons. The van der Waals surface area contributed by atoms with Gasteiger partial charge in [0.15, 0.2) is 0 Å². The van der Waals surface area contributed by atoms with E-state index in [-0.39, 0.29) is 5.41 Å². The molecule has 3 nitrogen and oxygen atoms in total. The van der Waals surface area contributed by atoms with Crippen molar-refractivity contribution in [3.63, 3.8) is 0 Å². The Morgan fingerprint density at radius 3 is 2.50 bits per heavy atom. The molecule has 1 saturated carbocycles. The van der Waals surface area contributed by atoms with E-state index in [4.69, 9.17) is 0 Å². The first kappa shape index (κ1) is 14.5. The zero-order valence-electron chi connectivity index (χ0n) is 12.9. The van der Waals surface area contributed by atoms with E-state index in [1.165, 1.54) is 77.4 Å². The molecule has 114 valence electrons. The van der Waals surface area contributed by atoms with E-state index >= 15 is 0 Å². The van der Waals surface area contributed by atoms with Gasteiger partial charge in [-0.25, -0.2) is 0 Å². The summed E-state index contributed by atoms with van der Waals surface area (Å²) in [4.78, 5) is 17.0. The van der Waals surface area contributed by atoms with Crippen LogP contribution >= 0.6 is 0 Å². The third-order valence-corrected chi connectivity index (χ3v) is 5.81. The second-order valence-corrected chi connectivity index (χ2v) is 7.32. The molecule has 0 N–H and O–H groups in total. The lowest BCUT2D eigenvalue weighted by Gasteiger charge is -2.46. The molecular weight excluding hydrogens is 248 g/mol. The number of carbonyl (C=O) groups is 1. The SMILES string of the molecule is O=CC1(CN2CCN3CCCCC3C2)CCCCCC1. The van der Waals surface area contributed by atoms with Crippen molar-refractivity contribution < 1.29 is 4.79 Å². The van der Waals surface area contributed by atoms with Crippen molar-refractivity contribution in [1.29, 1.82) is 0 Å². The predicted octanol–water partition coefficient (Wildman–Crippen LogP) is 2.70. The maximum atomic E-state index is 11.8. The number of hydrogen-bond donors (Lipinski definition) is 0. The summed E-state index contributed by atoms with van der Waals surface area (Å²) >= 11 is 0. The highest BCUT2D eigenvalue weighted by Crippen LogP contribution is 2.35. The molecule has 3 heteroatoms. The fraction of sp³-hybridized carbons (Fsp3) is 0.941. The van der Waals surface area contributed by atoms with Gasteiger partial charge >= 0.3 is 0 Å². The van der Waals surface area contributed by atoms with Gasteiger partial charge in [-0.3, -0.25) is 9.80 Å². The average molecular weight is 278 g/mol. The summed E-state index contributed by atoms with van der Waals surface area (Å²) in [7, 11) is 0. The maximum Gasteiger partial charge on any atom is 0.127 e. The second kappa shape index (κ2) is 6.57. The van der Waals surface area contributed by atoms with Crippen molar-refractivity contribution in [2.45, 2.75) is 63.8 Å². The van der Waals surface area contributed by atoms with Crippen molar-refractivity contribution in [2.24, 2.45) is 5.41 Å².